The number of aromatic hydroxyl groups is 2. The fraction of sp³-hybridized carbons (Fsp3) is 0.0588. The van der Waals surface area contributed by atoms with Gasteiger partial charge in [-0.1, -0.05) is 91.0 Å². The summed E-state index contributed by atoms with van der Waals surface area (Å²) in [5, 5.41) is 17.1. The van der Waals surface area contributed by atoms with Crippen molar-refractivity contribution in [3.8, 4) is 28.7 Å². The van der Waals surface area contributed by atoms with Gasteiger partial charge in [0.25, 0.3) is 0 Å². The molecule has 8 aromatic rings. The second kappa shape index (κ2) is 33.9. The molecule has 8 aromatic carbocycles. The molecule has 0 unspecified atom stereocenters. The van der Waals surface area contributed by atoms with Crippen LogP contribution in [0.5, 0.6) is 28.7 Å². The van der Waals surface area contributed by atoms with Gasteiger partial charge in [0.15, 0.2) is 34.8 Å². The number of methoxy groups -OCH3 is 3. The summed E-state index contributed by atoms with van der Waals surface area (Å²) >= 11 is 0. The molecule has 0 aliphatic heterocycles. The highest BCUT2D eigenvalue weighted by molar-refractivity contribution is 5.24. The first-order valence-electron chi connectivity index (χ1n) is 18.7. The number of rotatable bonds is 3. The molecule has 13 heteroatoms. The van der Waals surface area contributed by atoms with Crippen molar-refractivity contribution in [3.63, 3.8) is 0 Å². The first-order chi connectivity index (χ1) is 30.8. The van der Waals surface area contributed by atoms with Crippen molar-refractivity contribution in [1.29, 1.82) is 0 Å². The zero-order chi connectivity index (χ0) is 47.4. The van der Waals surface area contributed by atoms with E-state index in [1.54, 1.807) is 56.7 Å². The molecule has 8 rings (SSSR count). The average molecular weight is 891 g/mol. The summed E-state index contributed by atoms with van der Waals surface area (Å²) < 4.78 is 111. The Balaban J connectivity index is 0.000000366. The molecule has 336 valence electrons. The van der Waals surface area contributed by atoms with Crippen LogP contribution in [0.2, 0.25) is 0 Å². The highest BCUT2D eigenvalue weighted by Gasteiger charge is 1.96. The van der Waals surface area contributed by atoms with Gasteiger partial charge >= 0.3 is 0 Å². The number of ether oxygens (including phenoxy) is 3. The van der Waals surface area contributed by atoms with Crippen molar-refractivity contribution < 1.29 is 59.5 Å². The molecule has 0 radical (unpaired) electrons. The van der Waals surface area contributed by atoms with E-state index in [-0.39, 0.29) is 34.7 Å². The number of para-hydroxylation sites is 4. The van der Waals surface area contributed by atoms with E-state index in [0.717, 1.165) is 47.9 Å². The summed E-state index contributed by atoms with van der Waals surface area (Å²) in [5.74, 6) is -1.92. The van der Waals surface area contributed by atoms with Crippen LogP contribution >= 0.6 is 0 Å². The fourth-order valence-corrected chi connectivity index (χ4v) is 3.90. The Bertz CT molecular complexity index is 2130. The number of phenols is 2. The van der Waals surface area contributed by atoms with Crippen molar-refractivity contribution >= 4 is 0 Å². The van der Waals surface area contributed by atoms with Crippen LogP contribution in [0.1, 0.15) is 0 Å². The summed E-state index contributed by atoms with van der Waals surface area (Å²) in [6, 6.07) is 53.5. The highest BCUT2D eigenvalue weighted by atomic mass is 19.2. The summed E-state index contributed by atoms with van der Waals surface area (Å²) in [5.41, 5.74) is 0. The molecule has 0 saturated carbocycles. The molecule has 0 amide bonds. The average Bonchev–Trinajstić information content (AvgIpc) is 3.33. The predicted molar refractivity (Wildman–Crippen MR) is 234 cm³/mol. The van der Waals surface area contributed by atoms with Crippen molar-refractivity contribution in [2.75, 3.05) is 21.3 Å². The van der Waals surface area contributed by atoms with E-state index in [4.69, 9.17) is 19.7 Å². The van der Waals surface area contributed by atoms with E-state index >= 15 is 0 Å². The van der Waals surface area contributed by atoms with Gasteiger partial charge in [-0.3, -0.25) is 0 Å². The van der Waals surface area contributed by atoms with E-state index in [0.29, 0.717) is 0 Å². The van der Waals surface area contributed by atoms with Gasteiger partial charge in [0, 0.05) is 0 Å². The van der Waals surface area contributed by atoms with E-state index in [9.17, 15) is 35.1 Å². The fourth-order valence-electron chi connectivity index (χ4n) is 3.90. The smallest absolute Gasteiger partial charge is 0.165 e. The molecule has 0 aliphatic rings. The molecule has 5 nitrogen and oxygen atoms in total. The minimum atomic E-state index is -0.799. The Kier molecular flexibility index (Phi) is 28.7. The monoisotopic (exact) mass is 890 g/mol. The zero-order valence-electron chi connectivity index (χ0n) is 34.9. The molecule has 0 heterocycles. The molecular weight excluding hydrogens is 845 g/mol. The lowest BCUT2D eigenvalue weighted by molar-refractivity contribution is 0.386. The minimum absolute atomic E-state index is 0.0893. The minimum Gasteiger partial charge on any atom is -0.508 e. The Hall–Kier alpha value is -7.80. The number of hydrogen-bond donors (Lipinski definition) is 2. The van der Waals surface area contributed by atoms with Crippen LogP contribution in [-0.4, -0.2) is 31.5 Å². The molecule has 0 spiro atoms. The van der Waals surface area contributed by atoms with Gasteiger partial charge < -0.3 is 24.4 Å². The molecule has 0 saturated heterocycles. The largest absolute Gasteiger partial charge is 0.508 e. The Labute approximate surface area is 367 Å². The molecule has 64 heavy (non-hydrogen) atoms. The maximum Gasteiger partial charge on any atom is 0.165 e. The topological polar surface area (TPSA) is 68.2 Å². The van der Waals surface area contributed by atoms with Crippen LogP contribution in [-0.2, 0) is 0 Å². The van der Waals surface area contributed by atoms with E-state index in [1.165, 1.54) is 79.9 Å². The third-order valence-electron chi connectivity index (χ3n) is 7.05. The quantitative estimate of drug-likeness (QED) is 0.173. The van der Waals surface area contributed by atoms with Gasteiger partial charge in [-0.15, -0.1) is 0 Å². The van der Waals surface area contributed by atoms with Gasteiger partial charge in [0.05, 0.1) is 21.3 Å². The number of halogens is 8. The normalized spacial score (nSPS) is 8.98. The zero-order valence-corrected chi connectivity index (χ0v) is 34.9. The van der Waals surface area contributed by atoms with Crippen LogP contribution in [0.3, 0.4) is 0 Å². The van der Waals surface area contributed by atoms with Crippen molar-refractivity contribution in [3.05, 3.63) is 259 Å². The highest BCUT2D eigenvalue weighted by Crippen LogP contribution is 2.14. The summed E-state index contributed by atoms with van der Waals surface area (Å²) in [7, 11) is 4.77. The third-order valence-corrected chi connectivity index (χ3v) is 7.05. The molecule has 0 atom stereocenters. The van der Waals surface area contributed by atoms with Crippen LogP contribution in [0, 0.1) is 46.5 Å². The lowest BCUT2D eigenvalue weighted by atomic mass is 10.3. The first-order valence-corrected chi connectivity index (χ1v) is 18.7. The van der Waals surface area contributed by atoms with Crippen molar-refractivity contribution in [1.82, 2.24) is 0 Å². The van der Waals surface area contributed by atoms with Gasteiger partial charge in [-0.25, -0.2) is 35.1 Å². The second-order valence-electron chi connectivity index (χ2n) is 11.7. The predicted octanol–water partition coefficient (Wildman–Crippen LogP) is 14.0. The van der Waals surface area contributed by atoms with Crippen molar-refractivity contribution in [2.45, 2.75) is 0 Å². The first kappa shape index (κ1) is 54.2. The molecular formula is C51H46F8O5. The van der Waals surface area contributed by atoms with Crippen LogP contribution in [0.4, 0.5) is 35.1 Å². The Morgan fingerprint density at radius 3 is 0.812 bits per heavy atom. The van der Waals surface area contributed by atoms with E-state index < -0.39 is 29.1 Å². The molecule has 0 fully saturated rings. The molecule has 0 aromatic heterocycles. The third kappa shape index (κ3) is 27.1. The SMILES string of the molecule is COc1ccccc1.COc1ccccc1.COc1ccccc1F.Fc1ccc(F)cc1.Fc1ccccc1.Fc1ccccc1F.Oc1ccc(F)cc1.Oc1ccccc1F. The van der Waals surface area contributed by atoms with E-state index in [1.807, 2.05) is 60.7 Å². The summed E-state index contributed by atoms with van der Waals surface area (Å²) in [4.78, 5) is 0. The second-order valence-corrected chi connectivity index (χ2v) is 11.7. The molecule has 0 bridgehead atoms. The lowest BCUT2D eigenvalue weighted by Gasteiger charge is -1.97. The van der Waals surface area contributed by atoms with E-state index in [2.05, 4.69) is 4.74 Å². The lowest BCUT2D eigenvalue weighted by Crippen LogP contribution is -1.85. The van der Waals surface area contributed by atoms with Crippen LogP contribution in [0.15, 0.2) is 212 Å². The number of benzene rings is 8. The molecule has 2 N–H and O–H groups in total. The van der Waals surface area contributed by atoms with Crippen LogP contribution < -0.4 is 14.2 Å². The van der Waals surface area contributed by atoms with Gasteiger partial charge in [-0.2, -0.15) is 0 Å². The maximum absolute atomic E-state index is 12.5. The summed E-state index contributed by atoms with van der Waals surface area (Å²) in [6.07, 6.45) is 0. The standard InChI is InChI=1S/C7H7FO.2C7H8O.2C6H4F2.2C6H5FO.C6H5F/c1-9-7-5-3-2-4-6(7)8;2*1-8-7-5-3-2-4-6-7;7-5-1-2-6(8)4-3-5;7-5-3-1-2-4-6(5)8;7-5-1-3-6(8)4-2-5;7-5-3-1-2-4-6(5)8;7-6-4-2-1-3-5-6/h2-5H,1H3;2*2-6H,1H3;2*1-4H;2*1-4,8H;1-5H. The number of hydrogen-bond acceptors (Lipinski definition) is 5. The van der Waals surface area contributed by atoms with Crippen molar-refractivity contribution in [2.24, 2.45) is 0 Å². The maximum atomic E-state index is 12.5. The Morgan fingerprint density at radius 2 is 0.578 bits per heavy atom. The molecule has 0 aliphatic carbocycles. The Morgan fingerprint density at radius 1 is 0.281 bits per heavy atom. The van der Waals surface area contributed by atoms with Gasteiger partial charge in [0.2, 0.25) is 0 Å². The van der Waals surface area contributed by atoms with Crippen LogP contribution in [0.25, 0.3) is 0 Å². The summed E-state index contributed by atoms with van der Waals surface area (Å²) in [6.45, 7) is 0. The van der Waals surface area contributed by atoms with Gasteiger partial charge in [-0.05, 0) is 121 Å². The number of phenolic OH excluding ortho intramolecular Hbond substituents is 2. The van der Waals surface area contributed by atoms with Gasteiger partial charge in [0.1, 0.15) is 40.5 Å².